The van der Waals surface area contributed by atoms with Gasteiger partial charge in [-0.2, -0.15) is 0 Å². The van der Waals surface area contributed by atoms with Gasteiger partial charge < -0.3 is 19.5 Å². The summed E-state index contributed by atoms with van der Waals surface area (Å²) in [4.78, 5) is 36.7. The predicted molar refractivity (Wildman–Crippen MR) is 105 cm³/mol. The van der Waals surface area contributed by atoms with Gasteiger partial charge in [0.05, 0.1) is 31.0 Å². The van der Waals surface area contributed by atoms with Crippen molar-refractivity contribution in [2.45, 2.75) is 32.7 Å². The highest BCUT2D eigenvalue weighted by Gasteiger charge is 2.34. The quantitative estimate of drug-likeness (QED) is 0.880. The highest BCUT2D eigenvalue weighted by atomic mass is 16.5. The Hall–Kier alpha value is -2.83. The first-order valence-electron chi connectivity index (χ1n) is 9.87. The summed E-state index contributed by atoms with van der Waals surface area (Å²) in [6, 6.07) is 7.78. The van der Waals surface area contributed by atoms with Crippen molar-refractivity contribution < 1.29 is 14.3 Å². The normalized spacial score (nSPS) is 19.5. The molecule has 1 aromatic heterocycles. The number of aromatic amines is 1. The van der Waals surface area contributed by atoms with Gasteiger partial charge in [-0.05, 0) is 37.6 Å². The van der Waals surface area contributed by atoms with E-state index in [4.69, 9.17) is 9.72 Å². The van der Waals surface area contributed by atoms with Gasteiger partial charge in [0, 0.05) is 38.0 Å². The zero-order chi connectivity index (χ0) is 19.7. The fraction of sp³-hybridized carbons (Fsp3) is 0.476. The topological polar surface area (TPSA) is 78.5 Å². The van der Waals surface area contributed by atoms with Crippen LogP contribution in [-0.4, -0.2) is 58.3 Å². The first-order valence-corrected chi connectivity index (χ1v) is 9.87. The molecule has 0 saturated carbocycles. The van der Waals surface area contributed by atoms with Crippen LogP contribution in [0.4, 0.5) is 0 Å². The number of imidazole rings is 1. The van der Waals surface area contributed by atoms with Crippen molar-refractivity contribution in [3.63, 3.8) is 0 Å². The van der Waals surface area contributed by atoms with E-state index in [2.05, 4.69) is 4.98 Å². The number of piperidine rings is 1. The van der Waals surface area contributed by atoms with E-state index in [0.717, 1.165) is 34.9 Å². The molecule has 0 radical (unpaired) electrons. The number of carbonyl (C=O) groups excluding carboxylic acids is 2. The number of rotatable bonds is 4. The molecular weight excluding hydrogens is 356 g/mol. The minimum atomic E-state index is -0.0943. The number of fused-ring (bicyclic) bond motifs is 1. The summed E-state index contributed by atoms with van der Waals surface area (Å²) < 4.78 is 5.21. The molecule has 1 atom stereocenters. The molecule has 2 aromatic rings. The number of ether oxygens (including phenoxy) is 1. The highest BCUT2D eigenvalue weighted by molar-refractivity contribution is 5.84. The van der Waals surface area contributed by atoms with Gasteiger partial charge >= 0.3 is 0 Å². The SMILES string of the molecule is CCN1CC(C(=O)N2CCc3nc(-c4ccc(OC)cc4)[nH]c3C2)CCC1=O. The van der Waals surface area contributed by atoms with Crippen LogP contribution in [0.3, 0.4) is 0 Å². The molecule has 1 unspecified atom stereocenters. The Morgan fingerprint density at radius 2 is 2.07 bits per heavy atom. The summed E-state index contributed by atoms with van der Waals surface area (Å²) in [6.07, 6.45) is 1.86. The maximum absolute atomic E-state index is 13.0. The molecule has 148 valence electrons. The lowest BCUT2D eigenvalue weighted by Crippen LogP contribution is -2.48. The van der Waals surface area contributed by atoms with Gasteiger partial charge in [0.1, 0.15) is 11.6 Å². The van der Waals surface area contributed by atoms with Crippen LogP contribution in [0.1, 0.15) is 31.2 Å². The van der Waals surface area contributed by atoms with Crippen molar-refractivity contribution in [2.24, 2.45) is 5.92 Å². The minimum absolute atomic E-state index is 0.0943. The predicted octanol–water partition coefficient (Wildman–Crippen LogP) is 2.23. The molecule has 7 nitrogen and oxygen atoms in total. The van der Waals surface area contributed by atoms with Crippen molar-refractivity contribution in [1.82, 2.24) is 19.8 Å². The van der Waals surface area contributed by atoms with E-state index in [0.29, 0.717) is 39.0 Å². The molecule has 1 saturated heterocycles. The van der Waals surface area contributed by atoms with Crippen molar-refractivity contribution in [3.8, 4) is 17.1 Å². The fourth-order valence-electron chi connectivity index (χ4n) is 4.05. The number of aromatic nitrogens is 2. The van der Waals surface area contributed by atoms with E-state index in [1.54, 1.807) is 12.0 Å². The molecular formula is C21H26N4O3. The van der Waals surface area contributed by atoms with Crippen LogP contribution in [0, 0.1) is 5.92 Å². The van der Waals surface area contributed by atoms with Gasteiger partial charge in [0.25, 0.3) is 0 Å². The first kappa shape index (κ1) is 18.5. The summed E-state index contributed by atoms with van der Waals surface area (Å²) in [5.41, 5.74) is 3.03. The van der Waals surface area contributed by atoms with E-state index < -0.39 is 0 Å². The molecule has 2 aliphatic rings. The summed E-state index contributed by atoms with van der Waals surface area (Å²) in [6.45, 7) is 4.39. The molecule has 2 amide bonds. The van der Waals surface area contributed by atoms with Gasteiger partial charge in [0.2, 0.25) is 11.8 Å². The van der Waals surface area contributed by atoms with E-state index in [9.17, 15) is 9.59 Å². The summed E-state index contributed by atoms with van der Waals surface area (Å²) in [5, 5.41) is 0. The molecule has 1 N–H and O–H groups in total. The average Bonchev–Trinajstić information content (AvgIpc) is 3.17. The van der Waals surface area contributed by atoms with E-state index >= 15 is 0 Å². The second kappa shape index (κ2) is 7.66. The van der Waals surface area contributed by atoms with E-state index in [-0.39, 0.29) is 17.7 Å². The van der Waals surface area contributed by atoms with Gasteiger partial charge in [0.15, 0.2) is 0 Å². The lowest BCUT2D eigenvalue weighted by atomic mass is 9.95. The zero-order valence-corrected chi connectivity index (χ0v) is 16.4. The summed E-state index contributed by atoms with van der Waals surface area (Å²) in [7, 11) is 1.65. The number of H-pyrrole nitrogens is 1. The van der Waals surface area contributed by atoms with Gasteiger partial charge in [-0.15, -0.1) is 0 Å². The van der Waals surface area contributed by atoms with E-state index in [1.165, 1.54) is 0 Å². The molecule has 3 heterocycles. The van der Waals surface area contributed by atoms with Crippen LogP contribution in [0.5, 0.6) is 5.75 Å². The second-order valence-electron chi connectivity index (χ2n) is 7.42. The number of carbonyl (C=O) groups is 2. The minimum Gasteiger partial charge on any atom is -0.497 e. The lowest BCUT2D eigenvalue weighted by molar-refractivity contribution is -0.143. The molecule has 7 heteroatoms. The summed E-state index contributed by atoms with van der Waals surface area (Å²) >= 11 is 0. The van der Waals surface area contributed by atoms with Crippen molar-refractivity contribution in [2.75, 3.05) is 26.7 Å². The van der Waals surface area contributed by atoms with Crippen molar-refractivity contribution >= 4 is 11.8 Å². The second-order valence-corrected chi connectivity index (χ2v) is 7.42. The Bertz CT molecular complexity index is 874. The monoisotopic (exact) mass is 382 g/mol. The third-order valence-corrected chi connectivity index (χ3v) is 5.74. The third kappa shape index (κ3) is 3.48. The van der Waals surface area contributed by atoms with Crippen molar-refractivity contribution in [3.05, 3.63) is 35.7 Å². The van der Waals surface area contributed by atoms with Gasteiger partial charge in [-0.1, -0.05) is 0 Å². The average molecular weight is 382 g/mol. The van der Waals surface area contributed by atoms with Gasteiger partial charge in [-0.3, -0.25) is 9.59 Å². The number of nitrogens with one attached hydrogen (secondary N) is 1. The number of nitrogens with zero attached hydrogens (tertiary/aromatic N) is 3. The highest BCUT2D eigenvalue weighted by Crippen LogP contribution is 2.27. The zero-order valence-electron chi connectivity index (χ0n) is 16.4. The van der Waals surface area contributed by atoms with Crippen LogP contribution in [-0.2, 0) is 22.6 Å². The Labute approximate surface area is 164 Å². The van der Waals surface area contributed by atoms with Gasteiger partial charge in [-0.25, -0.2) is 4.98 Å². The molecule has 0 bridgehead atoms. The van der Waals surface area contributed by atoms with Crippen LogP contribution in [0.25, 0.3) is 11.4 Å². The Morgan fingerprint density at radius 3 is 2.79 bits per heavy atom. The lowest BCUT2D eigenvalue weighted by Gasteiger charge is -2.35. The Balaban J connectivity index is 1.46. The van der Waals surface area contributed by atoms with Crippen molar-refractivity contribution in [1.29, 1.82) is 0 Å². The maximum atomic E-state index is 13.0. The molecule has 4 rings (SSSR count). The Morgan fingerprint density at radius 1 is 1.29 bits per heavy atom. The number of hydrogen-bond donors (Lipinski definition) is 1. The van der Waals surface area contributed by atoms with E-state index in [1.807, 2.05) is 36.1 Å². The molecule has 1 fully saturated rings. The number of methoxy groups -OCH3 is 1. The molecule has 0 spiro atoms. The third-order valence-electron chi connectivity index (χ3n) is 5.74. The number of hydrogen-bond acceptors (Lipinski definition) is 4. The van der Waals surface area contributed by atoms with Crippen LogP contribution in [0.2, 0.25) is 0 Å². The number of likely N-dealkylation sites (tertiary alicyclic amines) is 1. The number of benzene rings is 1. The van der Waals surface area contributed by atoms with Crippen LogP contribution >= 0.6 is 0 Å². The number of amides is 2. The fourth-order valence-corrected chi connectivity index (χ4v) is 4.05. The molecule has 1 aromatic carbocycles. The maximum Gasteiger partial charge on any atom is 0.227 e. The molecule has 0 aliphatic carbocycles. The van der Waals surface area contributed by atoms with Crippen LogP contribution in [0.15, 0.2) is 24.3 Å². The molecule has 28 heavy (non-hydrogen) atoms. The molecule has 2 aliphatic heterocycles. The Kier molecular flexibility index (Phi) is 5.07. The standard InChI is InChI=1S/C21H26N4O3/c1-3-24-12-15(6-9-19(24)26)21(27)25-11-10-17-18(13-25)23-20(22-17)14-4-7-16(28-2)8-5-14/h4-5,7-8,15H,3,6,9-13H2,1-2H3,(H,22,23). The van der Waals surface area contributed by atoms with Crippen LogP contribution < -0.4 is 4.74 Å². The largest absolute Gasteiger partial charge is 0.497 e. The first-order chi connectivity index (χ1) is 13.6. The smallest absolute Gasteiger partial charge is 0.227 e. The summed E-state index contributed by atoms with van der Waals surface area (Å²) in [5.74, 6) is 1.84.